The van der Waals surface area contributed by atoms with Gasteiger partial charge in [-0.1, -0.05) is 41.9 Å². The molecule has 8 heteroatoms. The Morgan fingerprint density at radius 3 is 2.59 bits per heavy atom. The Bertz CT molecular complexity index is 1070. The van der Waals surface area contributed by atoms with E-state index in [-0.39, 0.29) is 30.6 Å². The van der Waals surface area contributed by atoms with Crippen LogP contribution in [0.25, 0.3) is 0 Å². The van der Waals surface area contributed by atoms with E-state index in [1.807, 2.05) is 44.2 Å². The first-order valence-corrected chi connectivity index (χ1v) is 11.8. The number of nitrogens with one attached hydrogen (secondary N) is 1. The van der Waals surface area contributed by atoms with Gasteiger partial charge in [-0.3, -0.25) is 4.79 Å². The summed E-state index contributed by atoms with van der Waals surface area (Å²) in [6.45, 7) is 8.37. The fourth-order valence-electron chi connectivity index (χ4n) is 3.85. The number of hydrazone groups is 1. The van der Waals surface area contributed by atoms with Crippen LogP contribution in [0.2, 0.25) is 5.02 Å². The average molecular weight is 485 g/mol. The molecular formula is C26H33ClN4O3. The molecule has 34 heavy (non-hydrogen) atoms. The van der Waals surface area contributed by atoms with Gasteiger partial charge >= 0.3 is 6.03 Å². The van der Waals surface area contributed by atoms with E-state index in [4.69, 9.17) is 21.4 Å². The lowest BCUT2D eigenvalue weighted by Crippen LogP contribution is -2.48. The molecule has 0 aliphatic carbocycles. The van der Waals surface area contributed by atoms with Crippen LogP contribution in [0.15, 0.2) is 47.6 Å². The number of ether oxygens (including phenoxy) is 1. The Hall–Kier alpha value is -2.90. The molecule has 7 nitrogen and oxygen atoms in total. The van der Waals surface area contributed by atoms with Gasteiger partial charge in [0.05, 0.1) is 18.4 Å². The molecule has 1 aliphatic heterocycles. The SMILES string of the molecule is COCCN(CC(=O)N1N=C(c2ccc(C)c(C)c2)C[C@@H]1c1ccccc1Cl)C(=O)NC(C)C. The maximum Gasteiger partial charge on any atom is 0.318 e. The molecule has 2 aromatic rings. The number of nitrogens with zero attached hydrogens (tertiary/aromatic N) is 3. The molecule has 2 aromatic carbocycles. The van der Waals surface area contributed by atoms with Crippen molar-refractivity contribution in [3.05, 3.63) is 69.7 Å². The Labute approximate surface area is 206 Å². The van der Waals surface area contributed by atoms with Crippen molar-refractivity contribution in [2.45, 2.75) is 46.2 Å². The highest BCUT2D eigenvalue weighted by Gasteiger charge is 2.35. The quantitative estimate of drug-likeness (QED) is 0.590. The summed E-state index contributed by atoms with van der Waals surface area (Å²) in [6.07, 6.45) is 0.536. The summed E-state index contributed by atoms with van der Waals surface area (Å²) in [6, 6.07) is 13.0. The van der Waals surface area contributed by atoms with Crippen molar-refractivity contribution in [2.24, 2.45) is 5.10 Å². The molecule has 0 saturated heterocycles. The molecule has 0 unspecified atom stereocenters. The first-order chi connectivity index (χ1) is 16.2. The Kier molecular flexibility index (Phi) is 8.69. The molecule has 1 aliphatic rings. The minimum absolute atomic E-state index is 0.0512. The molecule has 0 fully saturated rings. The smallest absolute Gasteiger partial charge is 0.318 e. The zero-order valence-corrected chi connectivity index (χ0v) is 21.2. The number of methoxy groups -OCH3 is 1. The summed E-state index contributed by atoms with van der Waals surface area (Å²) in [7, 11) is 1.56. The maximum atomic E-state index is 13.5. The van der Waals surface area contributed by atoms with Gasteiger partial charge in [0.15, 0.2) is 0 Å². The van der Waals surface area contributed by atoms with Gasteiger partial charge in [0.1, 0.15) is 6.54 Å². The van der Waals surface area contributed by atoms with Crippen LogP contribution in [0.4, 0.5) is 4.79 Å². The van der Waals surface area contributed by atoms with Gasteiger partial charge in [-0.05, 0) is 62.1 Å². The largest absolute Gasteiger partial charge is 0.383 e. The monoisotopic (exact) mass is 484 g/mol. The second-order valence-corrected chi connectivity index (χ2v) is 9.25. The Morgan fingerprint density at radius 2 is 1.94 bits per heavy atom. The van der Waals surface area contributed by atoms with Crippen molar-refractivity contribution >= 4 is 29.3 Å². The highest BCUT2D eigenvalue weighted by atomic mass is 35.5. The topological polar surface area (TPSA) is 74.2 Å². The lowest BCUT2D eigenvalue weighted by Gasteiger charge is -2.28. The first kappa shape index (κ1) is 25.7. The summed E-state index contributed by atoms with van der Waals surface area (Å²) >= 11 is 6.52. The van der Waals surface area contributed by atoms with Crippen LogP contribution >= 0.6 is 11.6 Å². The number of carbonyl (C=O) groups is 2. The number of benzene rings is 2. The molecule has 182 valence electrons. The van der Waals surface area contributed by atoms with Gasteiger partial charge in [-0.15, -0.1) is 0 Å². The summed E-state index contributed by atoms with van der Waals surface area (Å²) in [4.78, 5) is 27.7. The minimum atomic E-state index is -0.352. The van der Waals surface area contributed by atoms with E-state index in [1.165, 1.54) is 15.5 Å². The summed E-state index contributed by atoms with van der Waals surface area (Å²) in [5.41, 5.74) is 4.98. The number of urea groups is 1. The van der Waals surface area contributed by atoms with Crippen LogP contribution in [-0.4, -0.2) is 60.4 Å². The number of amides is 3. The second kappa shape index (κ2) is 11.5. The molecule has 1 atom stereocenters. The summed E-state index contributed by atoms with van der Waals surface area (Å²) in [5, 5.41) is 9.64. The number of halogens is 1. The highest BCUT2D eigenvalue weighted by molar-refractivity contribution is 6.31. The first-order valence-electron chi connectivity index (χ1n) is 11.5. The third-order valence-corrected chi connectivity index (χ3v) is 6.21. The molecule has 0 aromatic heterocycles. The molecular weight excluding hydrogens is 452 g/mol. The number of hydrogen-bond donors (Lipinski definition) is 1. The van der Waals surface area contributed by atoms with Crippen LogP contribution in [0.1, 0.15) is 48.6 Å². The van der Waals surface area contributed by atoms with Crippen molar-refractivity contribution < 1.29 is 14.3 Å². The molecule has 0 saturated carbocycles. The van der Waals surface area contributed by atoms with E-state index in [0.717, 1.165) is 22.4 Å². The summed E-state index contributed by atoms with van der Waals surface area (Å²) < 4.78 is 5.14. The van der Waals surface area contributed by atoms with Gasteiger partial charge in [0.25, 0.3) is 5.91 Å². The normalized spacial score (nSPS) is 15.4. The van der Waals surface area contributed by atoms with Crippen molar-refractivity contribution in [2.75, 3.05) is 26.8 Å². The average Bonchev–Trinajstić information content (AvgIpc) is 3.23. The zero-order valence-electron chi connectivity index (χ0n) is 20.5. The van der Waals surface area contributed by atoms with Gasteiger partial charge in [-0.2, -0.15) is 5.10 Å². The van der Waals surface area contributed by atoms with E-state index < -0.39 is 0 Å². The zero-order chi connectivity index (χ0) is 24.8. The predicted octanol–water partition coefficient (Wildman–Crippen LogP) is 4.70. The van der Waals surface area contributed by atoms with Crippen LogP contribution in [0, 0.1) is 13.8 Å². The fourth-order valence-corrected chi connectivity index (χ4v) is 4.11. The van der Waals surface area contributed by atoms with E-state index in [2.05, 4.69) is 31.3 Å². The molecule has 1 N–H and O–H groups in total. The second-order valence-electron chi connectivity index (χ2n) is 8.84. The predicted molar refractivity (Wildman–Crippen MR) is 135 cm³/mol. The number of rotatable bonds is 8. The maximum absolute atomic E-state index is 13.5. The van der Waals surface area contributed by atoms with Crippen molar-refractivity contribution in [3.63, 3.8) is 0 Å². The van der Waals surface area contributed by atoms with Crippen molar-refractivity contribution in [1.82, 2.24) is 15.2 Å². The Morgan fingerprint density at radius 1 is 1.21 bits per heavy atom. The van der Waals surface area contributed by atoms with Crippen molar-refractivity contribution in [1.29, 1.82) is 0 Å². The van der Waals surface area contributed by atoms with Gasteiger partial charge in [-0.25, -0.2) is 9.80 Å². The third-order valence-electron chi connectivity index (χ3n) is 5.86. The van der Waals surface area contributed by atoms with Crippen LogP contribution < -0.4 is 5.32 Å². The van der Waals surface area contributed by atoms with Crippen molar-refractivity contribution in [3.8, 4) is 0 Å². The van der Waals surface area contributed by atoms with Gasteiger partial charge in [0.2, 0.25) is 0 Å². The lowest BCUT2D eigenvalue weighted by molar-refractivity contribution is -0.133. The van der Waals surface area contributed by atoms with E-state index in [1.54, 1.807) is 7.11 Å². The molecule has 0 radical (unpaired) electrons. The lowest BCUT2D eigenvalue weighted by atomic mass is 9.96. The Balaban J connectivity index is 1.92. The number of carbonyl (C=O) groups excluding carboxylic acids is 2. The summed E-state index contributed by atoms with van der Waals surface area (Å²) in [5.74, 6) is -0.279. The third kappa shape index (κ3) is 6.15. The standard InChI is InChI=1S/C26H33ClN4O3/c1-17(2)28-26(33)30(12-13-34-5)16-25(32)31-24(21-8-6-7-9-22(21)27)15-23(29-31)20-11-10-18(3)19(4)14-20/h6-11,14,17,24H,12-13,15-16H2,1-5H3,(H,28,33)/t24-/m1/s1. The number of aryl methyl sites for hydroxylation is 2. The molecule has 3 amide bonds. The van der Waals surface area contributed by atoms with Crippen LogP contribution in [0.5, 0.6) is 0 Å². The molecule has 0 spiro atoms. The molecule has 3 rings (SSSR count). The number of hydrogen-bond acceptors (Lipinski definition) is 4. The van der Waals surface area contributed by atoms with Crippen LogP contribution in [-0.2, 0) is 9.53 Å². The van der Waals surface area contributed by atoms with Gasteiger partial charge < -0.3 is 15.0 Å². The molecule has 1 heterocycles. The minimum Gasteiger partial charge on any atom is -0.383 e. The van der Waals surface area contributed by atoms with Crippen LogP contribution in [0.3, 0.4) is 0 Å². The fraction of sp³-hybridized carbons (Fsp3) is 0.423. The van der Waals surface area contributed by atoms with Gasteiger partial charge in [0, 0.05) is 31.1 Å². The van der Waals surface area contributed by atoms with E-state index >= 15 is 0 Å². The van der Waals surface area contributed by atoms with E-state index in [0.29, 0.717) is 24.6 Å². The molecule has 0 bridgehead atoms. The highest BCUT2D eigenvalue weighted by Crippen LogP contribution is 2.36. The van der Waals surface area contributed by atoms with E-state index in [9.17, 15) is 9.59 Å².